The molecule has 0 aromatic carbocycles. The molecule has 0 aromatic heterocycles. The molecule has 0 aliphatic carbocycles. The molecule has 1 heterocycles. The number of esters is 1. The number of hydrogen-bond acceptors (Lipinski definition) is 10. The third-order valence-electron chi connectivity index (χ3n) is 16.2. The van der Waals surface area contributed by atoms with Crippen LogP contribution in [0.15, 0.2) is 36.5 Å². The van der Waals surface area contributed by atoms with Gasteiger partial charge in [-0.05, 0) is 64.2 Å². The number of aliphatic hydroxyl groups excluding tert-OH is 5. The average Bonchev–Trinajstić information content (AvgIpc) is 3.45. The van der Waals surface area contributed by atoms with E-state index >= 15 is 0 Å². The molecule has 0 spiro atoms. The summed E-state index contributed by atoms with van der Waals surface area (Å²) in [6.45, 7) is 4.31. The van der Waals surface area contributed by atoms with Gasteiger partial charge in [-0.25, -0.2) is 0 Å². The molecule has 470 valence electrons. The first-order chi connectivity index (χ1) is 39.2. The molecule has 0 aromatic rings. The van der Waals surface area contributed by atoms with Crippen molar-refractivity contribution in [3.05, 3.63) is 36.5 Å². The Morgan fingerprint density at radius 2 is 0.838 bits per heavy atom. The highest BCUT2D eigenvalue weighted by molar-refractivity contribution is 5.76. The highest BCUT2D eigenvalue weighted by Crippen LogP contribution is 2.23. The Morgan fingerprint density at radius 1 is 0.463 bits per heavy atom. The van der Waals surface area contributed by atoms with Crippen LogP contribution in [-0.4, -0.2) is 100 Å². The van der Waals surface area contributed by atoms with E-state index in [0.717, 1.165) is 64.2 Å². The first kappa shape index (κ1) is 75.9. The van der Waals surface area contributed by atoms with E-state index in [1.807, 2.05) is 6.08 Å². The molecule has 0 radical (unpaired) electrons. The zero-order chi connectivity index (χ0) is 58.0. The van der Waals surface area contributed by atoms with E-state index in [-0.39, 0.29) is 18.5 Å². The zero-order valence-electron chi connectivity index (χ0n) is 52.1. The van der Waals surface area contributed by atoms with E-state index < -0.39 is 49.5 Å². The highest BCUT2D eigenvalue weighted by Gasteiger charge is 2.44. The fourth-order valence-corrected chi connectivity index (χ4v) is 10.8. The fourth-order valence-electron chi connectivity index (χ4n) is 10.8. The van der Waals surface area contributed by atoms with Crippen LogP contribution in [0, 0.1) is 0 Å². The summed E-state index contributed by atoms with van der Waals surface area (Å²) in [5.74, 6) is -0.184. The predicted molar refractivity (Wildman–Crippen MR) is 334 cm³/mol. The van der Waals surface area contributed by atoms with Crippen molar-refractivity contribution in [1.82, 2.24) is 5.32 Å². The molecule has 7 atom stereocenters. The number of nitrogens with one attached hydrogen (secondary N) is 1. The third kappa shape index (κ3) is 47.3. The van der Waals surface area contributed by atoms with Crippen LogP contribution < -0.4 is 5.32 Å². The molecule has 6 N–H and O–H groups in total. The van der Waals surface area contributed by atoms with Crippen molar-refractivity contribution in [3.8, 4) is 0 Å². The van der Waals surface area contributed by atoms with Crippen LogP contribution in [0.1, 0.15) is 328 Å². The van der Waals surface area contributed by atoms with Gasteiger partial charge in [-0.15, -0.1) is 0 Å². The summed E-state index contributed by atoms with van der Waals surface area (Å²) in [7, 11) is 0. The number of carbonyl (C=O) groups is 2. The maximum atomic E-state index is 13.0. The number of hydrogen-bond donors (Lipinski definition) is 6. The first-order valence-corrected chi connectivity index (χ1v) is 34.3. The predicted octanol–water partition coefficient (Wildman–Crippen LogP) is 17.0. The van der Waals surface area contributed by atoms with Crippen molar-refractivity contribution in [1.29, 1.82) is 0 Å². The van der Waals surface area contributed by atoms with E-state index in [0.29, 0.717) is 19.4 Å². The zero-order valence-corrected chi connectivity index (χ0v) is 52.1. The van der Waals surface area contributed by atoms with Crippen LogP contribution in [0.3, 0.4) is 0 Å². The molecule has 1 aliphatic heterocycles. The van der Waals surface area contributed by atoms with Crippen molar-refractivity contribution in [2.75, 3.05) is 19.8 Å². The SMILES string of the molecule is CCCCC/C=C\C/C=C\CCCCCCCC(=O)OCCCCCCCCCCCCCCCCCCCCCCCCCCCCCCC(=O)NC(COC1OC(CO)C(O)C(O)C1O)C(O)/C=C/CCCCCCCCC. The molecule has 1 fully saturated rings. The Labute approximate surface area is 492 Å². The van der Waals surface area contributed by atoms with Crippen LogP contribution >= 0.6 is 0 Å². The van der Waals surface area contributed by atoms with Gasteiger partial charge in [0.2, 0.25) is 5.91 Å². The standard InChI is InChI=1S/C69H129NO10/c1-3-5-7-9-11-13-14-15-30-34-37-41-45-49-53-57-65(74)78-58-54-50-46-42-38-35-32-29-27-25-23-21-19-17-16-18-20-22-24-26-28-31-33-36-40-44-48-52-56-64(73)70-61(62(72)55-51-47-43-39-12-10-8-6-4-2)60-79-69-68(77)67(76)66(75)63(59-71)80-69/h11,13,15,30,51,55,61-63,66-69,71-72,75-77H,3-10,12,14,16-29,31-50,52-54,56-60H2,1-2H3,(H,70,73)/b13-11-,30-15-,55-51+. The molecule has 1 rings (SSSR count). The number of amides is 1. The molecule has 11 heteroatoms. The van der Waals surface area contributed by atoms with Gasteiger partial charge in [-0.1, -0.05) is 288 Å². The van der Waals surface area contributed by atoms with Crippen molar-refractivity contribution >= 4 is 11.9 Å². The maximum absolute atomic E-state index is 13.0. The smallest absolute Gasteiger partial charge is 0.305 e. The van der Waals surface area contributed by atoms with E-state index in [9.17, 15) is 35.1 Å². The van der Waals surface area contributed by atoms with Gasteiger partial charge in [0.05, 0.1) is 32.0 Å². The quantitative estimate of drug-likeness (QED) is 0.0195. The lowest BCUT2D eigenvalue weighted by Gasteiger charge is -2.40. The van der Waals surface area contributed by atoms with Gasteiger partial charge in [0.1, 0.15) is 24.4 Å². The van der Waals surface area contributed by atoms with Crippen molar-refractivity contribution in [2.45, 2.75) is 371 Å². The minimum Gasteiger partial charge on any atom is -0.466 e. The van der Waals surface area contributed by atoms with Crippen LogP contribution in [-0.2, 0) is 23.8 Å². The summed E-state index contributed by atoms with van der Waals surface area (Å²) in [5, 5.41) is 54.3. The summed E-state index contributed by atoms with van der Waals surface area (Å²) in [5.41, 5.74) is 0. The number of carbonyl (C=O) groups excluding carboxylic acids is 2. The van der Waals surface area contributed by atoms with Gasteiger partial charge in [0, 0.05) is 12.8 Å². The second kappa shape index (κ2) is 58.6. The maximum Gasteiger partial charge on any atom is 0.305 e. The van der Waals surface area contributed by atoms with Crippen molar-refractivity contribution in [3.63, 3.8) is 0 Å². The summed E-state index contributed by atoms with van der Waals surface area (Å²) in [4.78, 5) is 25.1. The Balaban J connectivity index is 1.91. The number of unbranched alkanes of at least 4 members (excludes halogenated alkanes) is 42. The van der Waals surface area contributed by atoms with Gasteiger partial charge in [-0.3, -0.25) is 9.59 Å². The van der Waals surface area contributed by atoms with Crippen LogP contribution in [0.5, 0.6) is 0 Å². The fraction of sp³-hybridized carbons (Fsp3) is 0.884. The number of allylic oxidation sites excluding steroid dienone is 5. The molecule has 1 aliphatic rings. The van der Waals surface area contributed by atoms with Gasteiger partial charge in [0.25, 0.3) is 0 Å². The largest absolute Gasteiger partial charge is 0.466 e. The van der Waals surface area contributed by atoms with Crippen LogP contribution in [0.2, 0.25) is 0 Å². The molecule has 0 bridgehead atoms. The summed E-state index contributed by atoms with van der Waals surface area (Å²) in [6.07, 6.45) is 64.3. The molecule has 1 saturated heterocycles. The molecule has 0 saturated carbocycles. The van der Waals surface area contributed by atoms with Gasteiger partial charge in [0.15, 0.2) is 6.29 Å². The van der Waals surface area contributed by atoms with Gasteiger partial charge >= 0.3 is 5.97 Å². The van der Waals surface area contributed by atoms with E-state index in [4.69, 9.17) is 14.2 Å². The molecular formula is C69H129NO10. The molecule has 7 unspecified atom stereocenters. The van der Waals surface area contributed by atoms with E-state index in [1.54, 1.807) is 6.08 Å². The summed E-state index contributed by atoms with van der Waals surface area (Å²) in [6, 6.07) is -0.806. The Bertz CT molecular complexity index is 1420. The Kier molecular flexibility index (Phi) is 55.6. The minimum absolute atomic E-state index is 0.00427. The highest BCUT2D eigenvalue weighted by atomic mass is 16.7. The number of rotatable bonds is 60. The minimum atomic E-state index is -1.57. The summed E-state index contributed by atoms with van der Waals surface area (Å²) < 4.78 is 16.7. The molecule has 80 heavy (non-hydrogen) atoms. The van der Waals surface area contributed by atoms with Crippen LogP contribution in [0.25, 0.3) is 0 Å². The molecule has 1 amide bonds. The number of aliphatic hydroxyl groups is 5. The lowest BCUT2D eigenvalue weighted by molar-refractivity contribution is -0.302. The van der Waals surface area contributed by atoms with E-state index in [1.165, 1.54) is 238 Å². The van der Waals surface area contributed by atoms with E-state index in [2.05, 4.69) is 43.5 Å². The molecule has 11 nitrogen and oxygen atoms in total. The first-order valence-electron chi connectivity index (χ1n) is 34.3. The number of ether oxygens (including phenoxy) is 3. The molecular weight excluding hydrogens is 1000 g/mol. The lowest BCUT2D eigenvalue weighted by atomic mass is 9.99. The third-order valence-corrected chi connectivity index (χ3v) is 16.2. The van der Waals surface area contributed by atoms with Gasteiger partial charge in [-0.2, -0.15) is 0 Å². The normalized spacial score (nSPS) is 18.5. The second-order valence-corrected chi connectivity index (χ2v) is 23.9. The monoisotopic (exact) mass is 1130 g/mol. The lowest BCUT2D eigenvalue weighted by Crippen LogP contribution is -2.60. The topological polar surface area (TPSA) is 175 Å². The van der Waals surface area contributed by atoms with Gasteiger partial charge < -0.3 is 45.1 Å². The second-order valence-electron chi connectivity index (χ2n) is 23.9. The van der Waals surface area contributed by atoms with Crippen molar-refractivity contribution < 1.29 is 49.3 Å². The van der Waals surface area contributed by atoms with Crippen molar-refractivity contribution in [2.24, 2.45) is 0 Å². The Hall–Kier alpha value is -2.12. The average molecular weight is 1130 g/mol. The van der Waals surface area contributed by atoms with Crippen LogP contribution in [0.4, 0.5) is 0 Å². The Morgan fingerprint density at radius 3 is 1.29 bits per heavy atom. The summed E-state index contributed by atoms with van der Waals surface area (Å²) >= 11 is 0.